The molecule has 0 bridgehead atoms. The summed E-state index contributed by atoms with van der Waals surface area (Å²) in [6.45, 7) is 0. The van der Waals surface area contributed by atoms with E-state index in [-0.39, 0.29) is 0 Å². The molecule has 0 amide bonds. The first-order valence-corrected chi connectivity index (χ1v) is 4.94. The number of rotatable bonds is 3. The van der Waals surface area contributed by atoms with E-state index in [9.17, 15) is 0 Å². The quantitative estimate of drug-likeness (QED) is 0.820. The molecule has 76 valence electrons. The molecule has 2 rings (SSSR count). The van der Waals surface area contributed by atoms with E-state index in [1.54, 1.807) is 12.4 Å². The molecule has 0 aliphatic carbocycles. The van der Waals surface area contributed by atoms with E-state index in [1.807, 2.05) is 24.4 Å². The number of pyridine rings is 2. The standard InChI is InChI=1S/C12H13N3/c13-12-8-10(5-7-15-12)3-4-11-2-1-6-14-9-11/h1-2,5-9H,3-4H2,(H2,13,15). The first kappa shape index (κ1) is 9.65. The van der Waals surface area contributed by atoms with Gasteiger partial charge >= 0.3 is 0 Å². The van der Waals surface area contributed by atoms with Gasteiger partial charge in [0, 0.05) is 18.6 Å². The lowest BCUT2D eigenvalue weighted by Gasteiger charge is -2.01. The summed E-state index contributed by atoms with van der Waals surface area (Å²) in [5, 5.41) is 0. The van der Waals surface area contributed by atoms with Gasteiger partial charge in [-0.1, -0.05) is 6.07 Å². The Hall–Kier alpha value is -1.90. The van der Waals surface area contributed by atoms with E-state index in [0.29, 0.717) is 5.82 Å². The van der Waals surface area contributed by atoms with Gasteiger partial charge in [0.05, 0.1) is 0 Å². The van der Waals surface area contributed by atoms with E-state index in [4.69, 9.17) is 5.73 Å². The SMILES string of the molecule is Nc1cc(CCc2cccnc2)ccn1. The Labute approximate surface area is 89.0 Å². The lowest BCUT2D eigenvalue weighted by atomic mass is 10.1. The molecular formula is C12H13N3. The zero-order valence-electron chi connectivity index (χ0n) is 8.43. The minimum absolute atomic E-state index is 0.582. The molecule has 0 radical (unpaired) electrons. The fourth-order valence-electron chi connectivity index (χ4n) is 1.48. The summed E-state index contributed by atoms with van der Waals surface area (Å²) >= 11 is 0. The van der Waals surface area contributed by atoms with Gasteiger partial charge in [0.1, 0.15) is 5.82 Å². The molecule has 2 heterocycles. The minimum Gasteiger partial charge on any atom is -0.384 e. The van der Waals surface area contributed by atoms with Crippen LogP contribution in [0.15, 0.2) is 42.9 Å². The maximum absolute atomic E-state index is 5.60. The van der Waals surface area contributed by atoms with Gasteiger partial charge in [0.2, 0.25) is 0 Å². The Morgan fingerprint density at radius 3 is 2.67 bits per heavy atom. The molecule has 0 fully saturated rings. The van der Waals surface area contributed by atoms with Gasteiger partial charge in [-0.25, -0.2) is 4.98 Å². The predicted octanol–water partition coefficient (Wildman–Crippen LogP) is 1.84. The molecule has 2 aromatic rings. The summed E-state index contributed by atoms with van der Waals surface area (Å²) in [5.41, 5.74) is 8.06. The van der Waals surface area contributed by atoms with E-state index in [0.717, 1.165) is 12.8 Å². The van der Waals surface area contributed by atoms with E-state index in [2.05, 4.69) is 16.0 Å². The van der Waals surface area contributed by atoms with Crippen LogP contribution in [0.2, 0.25) is 0 Å². The van der Waals surface area contributed by atoms with E-state index in [1.165, 1.54) is 11.1 Å². The van der Waals surface area contributed by atoms with Crippen LogP contribution < -0.4 is 5.73 Å². The van der Waals surface area contributed by atoms with Gasteiger partial charge in [0.15, 0.2) is 0 Å². The van der Waals surface area contributed by atoms with Crippen LogP contribution in [0.4, 0.5) is 5.82 Å². The summed E-state index contributed by atoms with van der Waals surface area (Å²) in [6.07, 6.45) is 7.38. The first-order valence-electron chi connectivity index (χ1n) is 4.94. The number of nitrogens with two attached hydrogens (primary N) is 1. The number of hydrogen-bond acceptors (Lipinski definition) is 3. The van der Waals surface area contributed by atoms with Crippen LogP contribution in [0.5, 0.6) is 0 Å². The topological polar surface area (TPSA) is 51.8 Å². The largest absolute Gasteiger partial charge is 0.384 e. The van der Waals surface area contributed by atoms with Crippen LogP contribution in [0.1, 0.15) is 11.1 Å². The van der Waals surface area contributed by atoms with Crippen LogP contribution in [0.3, 0.4) is 0 Å². The molecule has 0 aromatic carbocycles. The Bertz CT molecular complexity index is 426. The monoisotopic (exact) mass is 199 g/mol. The van der Waals surface area contributed by atoms with Crippen molar-refractivity contribution in [3.63, 3.8) is 0 Å². The number of hydrogen-bond donors (Lipinski definition) is 1. The number of aromatic nitrogens is 2. The third-order valence-corrected chi connectivity index (χ3v) is 2.27. The van der Waals surface area contributed by atoms with Crippen LogP contribution >= 0.6 is 0 Å². The third kappa shape index (κ3) is 2.77. The fourth-order valence-corrected chi connectivity index (χ4v) is 1.48. The van der Waals surface area contributed by atoms with Crippen LogP contribution in [-0.2, 0) is 12.8 Å². The molecule has 2 N–H and O–H groups in total. The Balaban J connectivity index is 1.99. The fraction of sp³-hybridized carbons (Fsp3) is 0.167. The summed E-state index contributed by atoms with van der Waals surface area (Å²) in [5.74, 6) is 0.582. The smallest absolute Gasteiger partial charge is 0.123 e. The average molecular weight is 199 g/mol. The maximum Gasteiger partial charge on any atom is 0.123 e. The van der Waals surface area contributed by atoms with Crippen LogP contribution in [-0.4, -0.2) is 9.97 Å². The van der Waals surface area contributed by atoms with Crippen LogP contribution in [0.25, 0.3) is 0 Å². The maximum atomic E-state index is 5.60. The van der Waals surface area contributed by atoms with Gasteiger partial charge in [-0.15, -0.1) is 0 Å². The molecule has 0 spiro atoms. The number of nitrogens with zero attached hydrogens (tertiary/aromatic N) is 2. The molecule has 0 aliphatic heterocycles. The summed E-state index contributed by atoms with van der Waals surface area (Å²) < 4.78 is 0. The molecule has 0 unspecified atom stereocenters. The van der Waals surface area contributed by atoms with Crippen molar-refractivity contribution in [3.8, 4) is 0 Å². The third-order valence-electron chi connectivity index (χ3n) is 2.27. The molecule has 15 heavy (non-hydrogen) atoms. The average Bonchev–Trinajstić information content (AvgIpc) is 2.28. The highest BCUT2D eigenvalue weighted by molar-refractivity contribution is 5.32. The molecule has 0 saturated carbocycles. The van der Waals surface area contributed by atoms with Crippen molar-refractivity contribution >= 4 is 5.82 Å². The Morgan fingerprint density at radius 1 is 1.07 bits per heavy atom. The van der Waals surface area contributed by atoms with Crippen molar-refractivity contribution in [1.82, 2.24) is 9.97 Å². The number of nitrogen functional groups attached to an aromatic ring is 1. The van der Waals surface area contributed by atoms with Gasteiger partial charge in [-0.05, 0) is 42.2 Å². The highest BCUT2D eigenvalue weighted by Crippen LogP contribution is 2.07. The molecule has 3 heteroatoms. The first-order chi connectivity index (χ1) is 7.34. The summed E-state index contributed by atoms with van der Waals surface area (Å²) in [7, 11) is 0. The van der Waals surface area contributed by atoms with Crippen molar-refractivity contribution < 1.29 is 0 Å². The van der Waals surface area contributed by atoms with Gasteiger partial charge in [-0.2, -0.15) is 0 Å². The van der Waals surface area contributed by atoms with Crippen molar-refractivity contribution in [2.24, 2.45) is 0 Å². The van der Waals surface area contributed by atoms with Crippen molar-refractivity contribution in [3.05, 3.63) is 54.0 Å². The Kier molecular flexibility index (Phi) is 2.93. The number of aryl methyl sites for hydroxylation is 2. The molecule has 0 saturated heterocycles. The molecular weight excluding hydrogens is 186 g/mol. The minimum atomic E-state index is 0.582. The van der Waals surface area contributed by atoms with Gasteiger partial charge in [-0.3, -0.25) is 4.98 Å². The highest BCUT2D eigenvalue weighted by atomic mass is 14.8. The van der Waals surface area contributed by atoms with E-state index >= 15 is 0 Å². The molecule has 0 atom stereocenters. The Morgan fingerprint density at radius 2 is 1.93 bits per heavy atom. The second kappa shape index (κ2) is 4.55. The predicted molar refractivity (Wildman–Crippen MR) is 60.3 cm³/mol. The summed E-state index contributed by atoms with van der Waals surface area (Å²) in [4.78, 5) is 8.04. The van der Waals surface area contributed by atoms with Gasteiger partial charge in [0.25, 0.3) is 0 Å². The van der Waals surface area contributed by atoms with E-state index < -0.39 is 0 Å². The second-order valence-corrected chi connectivity index (χ2v) is 3.45. The van der Waals surface area contributed by atoms with Gasteiger partial charge < -0.3 is 5.73 Å². The lowest BCUT2D eigenvalue weighted by molar-refractivity contribution is 0.947. The highest BCUT2D eigenvalue weighted by Gasteiger charge is 1.96. The second-order valence-electron chi connectivity index (χ2n) is 3.45. The van der Waals surface area contributed by atoms with Crippen molar-refractivity contribution in [2.45, 2.75) is 12.8 Å². The zero-order valence-corrected chi connectivity index (χ0v) is 8.43. The van der Waals surface area contributed by atoms with Crippen molar-refractivity contribution in [1.29, 1.82) is 0 Å². The summed E-state index contributed by atoms with van der Waals surface area (Å²) in [6, 6.07) is 7.94. The zero-order chi connectivity index (χ0) is 10.5. The lowest BCUT2D eigenvalue weighted by Crippen LogP contribution is -1.95. The van der Waals surface area contributed by atoms with Crippen LogP contribution in [0, 0.1) is 0 Å². The van der Waals surface area contributed by atoms with Crippen molar-refractivity contribution in [2.75, 3.05) is 5.73 Å². The molecule has 0 aliphatic rings. The molecule has 3 nitrogen and oxygen atoms in total. The normalized spacial score (nSPS) is 10.1. The molecule has 2 aromatic heterocycles. The number of anilines is 1.